The predicted octanol–water partition coefficient (Wildman–Crippen LogP) is 4.37. The maximum atomic E-state index is 13.6. The molecule has 0 spiro atoms. The molecule has 3 aromatic heterocycles. The number of ketones is 1. The molecule has 9 nitrogen and oxygen atoms in total. The van der Waals surface area contributed by atoms with Gasteiger partial charge in [0.1, 0.15) is 17.8 Å². The monoisotopic (exact) mass is 483 g/mol. The number of allylic oxidation sites excluding steroid dienone is 2. The van der Waals surface area contributed by atoms with Crippen molar-refractivity contribution < 1.29 is 19.0 Å². The molecule has 0 bridgehead atoms. The SMILES string of the molecule is COc1ccc([C@H]2C3=C(CC(C)(C)CC3=O)Oc3ncn4nc(-c5ccccn5)nc4c32)cc1OC. The Balaban J connectivity index is 1.61. The summed E-state index contributed by atoms with van der Waals surface area (Å²) in [6.07, 6.45) is 4.34. The lowest BCUT2D eigenvalue weighted by Gasteiger charge is -2.37. The highest BCUT2D eigenvalue weighted by atomic mass is 16.5. The Morgan fingerprint density at radius 2 is 1.89 bits per heavy atom. The van der Waals surface area contributed by atoms with Gasteiger partial charge in [-0.25, -0.2) is 14.5 Å². The molecule has 1 aliphatic carbocycles. The number of ether oxygens (including phenoxy) is 3. The van der Waals surface area contributed by atoms with Crippen molar-refractivity contribution >= 4 is 11.4 Å². The Hall–Kier alpha value is -4.27. The van der Waals surface area contributed by atoms with E-state index in [2.05, 4.69) is 28.9 Å². The summed E-state index contributed by atoms with van der Waals surface area (Å²) in [5, 5.41) is 4.61. The second kappa shape index (κ2) is 8.15. The smallest absolute Gasteiger partial charge is 0.228 e. The van der Waals surface area contributed by atoms with Gasteiger partial charge in [0.2, 0.25) is 11.7 Å². The minimum Gasteiger partial charge on any atom is -0.493 e. The number of aromatic nitrogens is 5. The molecule has 0 amide bonds. The van der Waals surface area contributed by atoms with Crippen molar-refractivity contribution in [3.8, 4) is 28.9 Å². The van der Waals surface area contributed by atoms with Crippen LogP contribution in [0.1, 0.15) is 43.7 Å². The molecule has 0 saturated carbocycles. The first-order valence-corrected chi connectivity index (χ1v) is 11.7. The van der Waals surface area contributed by atoms with Crippen molar-refractivity contribution in [2.24, 2.45) is 5.41 Å². The van der Waals surface area contributed by atoms with Crippen LogP contribution >= 0.6 is 0 Å². The molecule has 0 fully saturated rings. The van der Waals surface area contributed by atoms with Crippen LogP contribution in [0.25, 0.3) is 17.2 Å². The summed E-state index contributed by atoms with van der Waals surface area (Å²) in [5.41, 5.74) is 3.17. The van der Waals surface area contributed by atoms with Crippen LogP contribution in [0.15, 0.2) is 60.3 Å². The zero-order valence-corrected chi connectivity index (χ0v) is 20.5. The third-order valence-electron chi connectivity index (χ3n) is 6.70. The van der Waals surface area contributed by atoms with E-state index in [1.54, 1.807) is 31.3 Å². The molecule has 0 N–H and O–H groups in total. The minimum atomic E-state index is -0.455. The first kappa shape index (κ1) is 22.2. The van der Waals surface area contributed by atoms with Gasteiger partial charge in [-0.05, 0) is 35.2 Å². The summed E-state index contributed by atoms with van der Waals surface area (Å²) in [4.78, 5) is 27.4. The number of carbonyl (C=O) groups is 1. The zero-order chi connectivity index (χ0) is 25.0. The lowest BCUT2D eigenvalue weighted by atomic mass is 9.70. The highest BCUT2D eigenvalue weighted by Gasteiger charge is 2.44. The van der Waals surface area contributed by atoms with Crippen LogP contribution in [0, 0.1) is 5.41 Å². The molecule has 1 aromatic carbocycles. The topological polar surface area (TPSA) is 101 Å². The maximum Gasteiger partial charge on any atom is 0.228 e. The predicted molar refractivity (Wildman–Crippen MR) is 131 cm³/mol. The molecule has 4 heterocycles. The summed E-state index contributed by atoms with van der Waals surface area (Å²) in [6, 6.07) is 11.3. The van der Waals surface area contributed by atoms with Gasteiger partial charge in [-0.1, -0.05) is 26.0 Å². The van der Waals surface area contributed by atoms with E-state index in [0.717, 1.165) is 5.56 Å². The van der Waals surface area contributed by atoms with Gasteiger partial charge < -0.3 is 14.2 Å². The van der Waals surface area contributed by atoms with Crippen molar-refractivity contribution in [2.45, 2.75) is 32.6 Å². The molecular weight excluding hydrogens is 458 g/mol. The van der Waals surface area contributed by atoms with Crippen LogP contribution < -0.4 is 14.2 Å². The largest absolute Gasteiger partial charge is 0.493 e. The van der Waals surface area contributed by atoms with Crippen molar-refractivity contribution in [1.82, 2.24) is 24.6 Å². The average Bonchev–Trinajstić information content (AvgIpc) is 3.31. The van der Waals surface area contributed by atoms with E-state index in [9.17, 15) is 4.79 Å². The molecule has 0 saturated heterocycles. The number of pyridine rings is 1. The van der Waals surface area contributed by atoms with Crippen molar-refractivity contribution in [3.05, 3.63) is 71.4 Å². The number of Topliss-reactive ketones (excluding diaryl/α,β-unsaturated/α-hetero) is 1. The van der Waals surface area contributed by atoms with Gasteiger partial charge >= 0.3 is 0 Å². The Labute approximate surface area is 207 Å². The van der Waals surface area contributed by atoms with Crippen LogP contribution in [0.5, 0.6) is 17.4 Å². The normalized spacial score (nSPS) is 18.4. The number of methoxy groups -OCH3 is 2. The summed E-state index contributed by atoms with van der Waals surface area (Å²) in [7, 11) is 3.19. The van der Waals surface area contributed by atoms with Crippen molar-refractivity contribution in [1.29, 1.82) is 0 Å². The van der Waals surface area contributed by atoms with E-state index in [1.165, 1.54) is 0 Å². The number of benzene rings is 1. The van der Waals surface area contributed by atoms with Crippen LogP contribution in [0.3, 0.4) is 0 Å². The van der Waals surface area contributed by atoms with Gasteiger partial charge in [0.15, 0.2) is 22.9 Å². The van der Waals surface area contributed by atoms with Crippen LogP contribution in [0.4, 0.5) is 0 Å². The molecule has 1 aliphatic heterocycles. The summed E-state index contributed by atoms with van der Waals surface area (Å²) in [6.45, 7) is 4.15. The molecule has 2 aliphatic rings. The van der Waals surface area contributed by atoms with E-state index < -0.39 is 5.92 Å². The number of hydrogen-bond donors (Lipinski definition) is 0. The number of rotatable bonds is 4. The fourth-order valence-electron chi connectivity index (χ4n) is 5.11. The van der Waals surface area contributed by atoms with Crippen LogP contribution in [0.2, 0.25) is 0 Å². The van der Waals surface area contributed by atoms with Gasteiger partial charge in [-0.2, -0.15) is 0 Å². The summed E-state index contributed by atoms with van der Waals surface area (Å²) < 4.78 is 19.0. The van der Waals surface area contributed by atoms with Crippen LogP contribution in [-0.4, -0.2) is 44.6 Å². The Morgan fingerprint density at radius 3 is 2.64 bits per heavy atom. The number of nitrogens with zero attached hydrogens (tertiary/aromatic N) is 5. The summed E-state index contributed by atoms with van der Waals surface area (Å²) in [5.74, 6) is 2.32. The van der Waals surface area contributed by atoms with Crippen molar-refractivity contribution in [2.75, 3.05) is 14.2 Å². The number of hydrogen-bond acceptors (Lipinski definition) is 8. The lowest BCUT2D eigenvalue weighted by molar-refractivity contribution is -0.118. The first-order chi connectivity index (χ1) is 17.4. The molecule has 4 aromatic rings. The van der Waals surface area contributed by atoms with Gasteiger partial charge in [0.05, 0.1) is 25.7 Å². The second-order valence-electron chi connectivity index (χ2n) is 9.81. The molecule has 182 valence electrons. The van der Waals surface area contributed by atoms with Gasteiger partial charge in [-0.3, -0.25) is 9.78 Å². The average molecular weight is 484 g/mol. The van der Waals surface area contributed by atoms with Gasteiger partial charge in [-0.15, -0.1) is 5.10 Å². The van der Waals surface area contributed by atoms with Gasteiger partial charge in [0.25, 0.3) is 0 Å². The minimum absolute atomic E-state index is 0.0538. The highest BCUT2D eigenvalue weighted by Crippen LogP contribution is 2.51. The van der Waals surface area contributed by atoms with Crippen molar-refractivity contribution in [3.63, 3.8) is 0 Å². The molecular formula is C27H25N5O4. The molecule has 0 radical (unpaired) electrons. The third kappa shape index (κ3) is 3.50. The van der Waals surface area contributed by atoms with Gasteiger partial charge in [0, 0.05) is 24.6 Å². The Kier molecular flexibility index (Phi) is 5.03. The zero-order valence-electron chi connectivity index (χ0n) is 20.5. The molecule has 6 rings (SSSR count). The van der Waals surface area contributed by atoms with Crippen LogP contribution in [-0.2, 0) is 4.79 Å². The Bertz CT molecular complexity index is 1540. The molecule has 1 atom stereocenters. The third-order valence-corrected chi connectivity index (χ3v) is 6.70. The highest BCUT2D eigenvalue weighted by molar-refractivity contribution is 6.00. The lowest BCUT2D eigenvalue weighted by Crippen LogP contribution is -2.33. The first-order valence-electron chi connectivity index (χ1n) is 11.7. The van der Waals surface area contributed by atoms with E-state index in [-0.39, 0.29) is 11.2 Å². The van der Waals surface area contributed by atoms with E-state index >= 15 is 0 Å². The molecule has 0 unspecified atom stereocenters. The van der Waals surface area contributed by atoms with E-state index in [1.807, 2.05) is 36.4 Å². The maximum absolute atomic E-state index is 13.6. The summed E-state index contributed by atoms with van der Waals surface area (Å²) >= 11 is 0. The second-order valence-corrected chi connectivity index (χ2v) is 9.81. The van der Waals surface area contributed by atoms with E-state index in [4.69, 9.17) is 19.2 Å². The fraction of sp³-hybridized carbons (Fsp3) is 0.296. The number of carbonyl (C=O) groups excluding carboxylic acids is 1. The van der Waals surface area contributed by atoms with E-state index in [0.29, 0.717) is 64.3 Å². The molecule has 36 heavy (non-hydrogen) atoms. The fourth-order valence-corrected chi connectivity index (χ4v) is 5.11. The quantitative estimate of drug-likeness (QED) is 0.422. The number of fused-ring (bicyclic) bond motifs is 3. The standard InChI is InChI=1S/C27H25N5O4/c1-27(2)12-17(33)22-20(13-27)36-26-23(21(22)15-8-9-18(34-3)19(11-15)35-4)25-30-24(31-32(25)14-29-26)16-7-5-6-10-28-16/h5-11,14,21H,12-13H2,1-4H3/t21-/m0/s1. The Morgan fingerprint density at radius 1 is 1.06 bits per heavy atom. The molecule has 9 heteroatoms.